The maximum atomic E-state index is 11.3. The lowest BCUT2D eigenvalue weighted by atomic mass is 9.97. The largest absolute Gasteiger partial charge is 0.495 e. The van der Waals surface area contributed by atoms with Crippen LogP contribution in [0.1, 0.15) is 23.6 Å². The number of aromatic nitrogens is 2. The molecule has 0 radical (unpaired) electrons. The van der Waals surface area contributed by atoms with E-state index in [1.165, 1.54) is 14.2 Å². The zero-order chi connectivity index (χ0) is 26.9. The van der Waals surface area contributed by atoms with Gasteiger partial charge in [-0.25, -0.2) is 4.98 Å². The number of methoxy groups -OCH3 is 2. The molecule has 1 aliphatic rings. The van der Waals surface area contributed by atoms with E-state index in [0.717, 1.165) is 16.9 Å². The van der Waals surface area contributed by atoms with Crippen molar-refractivity contribution in [2.24, 2.45) is 0 Å². The Hall–Kier alpha value is -3.46. The summed E-state index contributed by atoms with van der Waals surface area (Å²) in [5.74, 6) is 1.68. The summed E-state index contributed by atoms with van der Waals surface area (Å²) >= 11 is 13.2. The molecule has 0 bridgehead atoms. The van der Waals surface area contributed by atoms with Gasteiger partial charge in [0.1, 0.15) is 17.3 Å². The predicted octanol–water partition coefficient (Wildman–Crippen LogP) is 6.15. The Labute approximate surface area is 226 Å². The van der Waals surface area contributed by atoms with Gasteiger partial charge in [0.25, 0.3) is 0 Å². The number of nitrogens with one attached hydrogen (secondary N) is 2. The van der Waals surface area contributed by atoms with Gasteiger partial charge in [-0.05, 0) is 31.6 Å². The highest BCUT2D eigenvalue weighted by Crippen LogP contribution is 2.47. The van der Waals surface area contributed by atoms with Crippen molar-refractivity contribution in [3.8, 4) is 11.5 Å². The van der Waals surface area contributed by atoms with Gasteiger partial charge in [0.15, 0.2) is 6.23 Å². The van der Waals surface area contributed by atoms with E-state index >= 15 is 0 Å². The molecule has 4 rings (SSSR count). The molecular formula is C27H29Cl2N5O3. The number of fused-ring (bicyclic) bond motifs is 1. The molecule has 2 unspecified atom stereocenters. The minimum Gasteiger partial charge on any atom is -0.495 e. The molecule has 3 aromatic rings. The maximum Gasteiger partial charge on any atom is 0.229 e. The number of nitrogens with zero attached hydrogens (tertiary/aromatic N) is 3. The highest BCUT2D eigenvalue weighted by atomic mass is 35.5. The molecule has 1 aliphatic heterocycles. The van der Waals surface area contributed by atoms with E-state index in [-0.39, 0.29) is 16.1 Å². The number of benzene rings is 2. The third-order valence-corrected chi connectivity index (χ3v) is 6.95. The summed E-state index contributed by atoms with van der Waals surface area (Å²) < 4.78 is 10.8. The standard InChI is InChI=1S/C27H29Cl2N5O3/c1-7-15(3)31-18-10-8-9-14(2)24(18)32-27-30-13-16-11-17(26(35)34(4)25(16)33-27)21-22(28)19(36-5)12-20(37-6)23(21)29/h7-13,15,26,31,35H,1H2,2-6H3,(H,30,32,33). The summed E-state index contributed by atoms with van der Waals surface area (Å²) in [6.45, 7) is 7.87. The van der Waals surface area contributed by atoms with Crippen LogP contribution in [0.3, 0.4) is 0 Å². The van der Waals surface area contributed by atoms with Crippen molar-refractivity contribution in [2.75, 3.05) is 36.8 Å². The van der Waals surface area contributed by atoms with Crippen molar-refractivity contribution in [3.63, 3.8) is 0 Å². The molecule has 2 atom stereocenters. The van der Waals surface area contributed by atoms with Gasteiger partial charge in [0.05, 0.1) is 35.6 Å². The van der Waals surface area contributed by atoms with E-state index in [4.69, 9.17) is 37.7 Å². The zero-order valence-corrected chi connectivity index (χ0v) is 22.8. The fourth-order valence-electron chi connectivity index (χ4n) is 4.10. The van der Waals surface area contributed by atoms with Crippen LogP contribution in [-0.4, -0.2) is 48.6 Å². The second-order valence-electron chi connectivity index (χ2n) is 8.63. The lowest BCUT2D eigenvalue weighted by molar-refractivity contribution is 0.231. The lowest BCUT2D eigenvalue weighted by Gasteiger charge is -2.33. The average Bonchev–Trinajstić information content (AvgIpc) is 2.89. The van der Waals surface area contributed by atoms with Gasteiger partial charge in [0, 0.05) is 42.1 Å². The highest BCUT2D eigenvalue weighted by Gasteiger charge is 2.31. The zero-order valence-electron chi connectivity index (χ0n) is 21.3. The number of anilines is 4. The molecule has 10 heteroatoms. The molecule has 1 aromatic heterocycles. The minimum atomic E-state index is -1.09. The number of halogens is 2. The van der Waals surface area contributed by atoms with Gasteiger partial charge in [-0.15, -0.1) is 6.58 Å². The molecular weight excluding hydrogens is 513 g/mol. The number of hydrogen-bond acceptors (Lipinski definition) is 8. The molecule has 194 valence electrons. The van der Waals surface area contributed by atoms with Crippen LogP contribution in [0.4, 0.5) is 23.1 Å². The molecule has 0 fully saturated rings. The number of aliphatic hydroxyl groups is 1. The molecule has 0 saturated heterocycles. The van der Waals surface area contributed by atoms with Crippen LogP contribution in [0.25, 0.3) is 11.6 Å². The Kier molecular flexibility index (Phi) is 7.82. The Bertz CT molecular complexity index is 1350. The normalized spacial score (nSPS) is 15.4. The van der Waals surface area contributed by atoms with Crippen molar-refractivity contribution < 1.29 is 14.6 Å². The second-order valence-corrected chi connectivity index (χ2v) is 9.39. The van der Waals surface area contributed by atoms with E-state index in [9.17, 15) is 5.11 Å². The molecule has 3 N–H and O–H groups in total. The Morgan fingerprint density at radius 3 is 2.49 bits per heavy atom. The van der Waals surface area contributed by atoms with Gasteiger partial charge in [-0.2, -0.15) is 4.98 Å². The van der Waals surface area contributed by atoms with E-state index < -0.39 is 6.23 Å². The van der Waals surface area contributed by atoms with E-state index in [0.29, 0.717) is 40.0 Å². The van der Waals surface area contributed by atoms with Crippen molar-refractivity contribution in [2.45, 2.75) is 26.1 Å². The van der Waals surface area contributed by atoms with Gasteiger partial charge in [0.2, 0.25) is 5.95 Å². The van der Waals surface area contributed by atoms with Crippen LogP contribution in [-0.2, 0) is 0 Å². The van der Waals surface area contributed by atoms with E-state index in [1.807, 2.05) is 38.1 Å². The number of aryl methyl sites for hydroxylation is 1. The molecule has 8 nitrogen and oxygen atoms in total. The summed E-state index contributed by atoms with van der Waals surface area (Å²) in [5, 5.41) is 18.5. The van der Waals surface area contributed by atoms with Gasteiger partial charge in [-0.3, -0.25) is 0 Å². The fourth-order valence-corrected chi connectivity index (χ4v) is 4.82. The first kappa shape index (κ1) is 26.6. The Morgan fingerprint density at radius 2 is 1.86 bits per heavy atom. The molecule has 0 aliphatic carbocycles. The summed E-state index contributed by atoms with van der Waals surface area (Å²) in [4.78, 5) is 10.9. The van der Waals surface area contributed by atoms with Gasteiger partial charge >= 0.3 is 0 Å². The third-order valence-electron chi connectivity index (χ3n) is 6.19. The molecule has 0 saturated carbocycles. The minimum absolute atomic E-state index is 0.0746. The summed E-state index contributed by atoms with van der Waals surface area (Å²) in [6.07, 6.45) is 4.19. The van der Waals surface area contributed by atoms with Crippen molar-refractivity contribution in [3.05, 3.63) is 69.9 Å². The monoisotopic (exact) mass is 541 g/mol. The first-order chi connectivity index (χ1) is 17.7. The van der Waals surface area contributed by atoms with Crippen LogP contribution in [0.15, 0.2) is 43.1 Å². The molecule has 2 aromatic carbocycles. The van der Waals surface area contributed by atoms with Crippen molar-refractivity contribution in [1.82, 2.24) is 9.97 Å². The smallest absolute Gasteiger partial charge is 0.229 e. The number of ether oxygens (including phenoxy) is 2. The topological polar surface area (TPSA) is 91.8 Å². The fraction of sp³-hybridized carbons (Fsp3) is 0.259. The van der Waals surface area contributed by atoms with Gasteiger partial charge < -0.3 is 30.1 Å². The average molecular weight is 542 g/mol. The number of likely N-dealkylation sites (N-methyl/N-ethyl adjacent to an activating group) is 1. The van der Waals surface area contributed by atoms with Crippen molar-refractivity contribution in [1.29, 1.82) is 0 Å². The lowest BCUT2D eigenvalue weighted by Crippen LogP contribution is -2.36. The second kappa shape index (κ2) is 10.9. The number of hydrogen-bond donors (Lipinski definition) is 3. The van der Waals surface area contributed by atoms with E-state index in [2.05, 4.69) is 22.2 Å². The van der Waals surface area contributed by atoms with Crippen molar-refractivity contribution >= 4 is 58.0 Å². The molecule has 2 heterocycles. The predicted molar refractivity (Wildman–Crippen MR) is 152 cm³/mol. The quantitative estimate of drug-likeness (QED) is 0.292. The maximum absolute atomic E-state index is 11.3. The first-order valence-electron chi connectivity index (χ1n) is 11.6. The first-order valence-corrected chi connectivity index (χ1v) is 12.3. The number of aliphatic hydroxyl groups excluding tert-OH is 1. The Morgan fingerprint density at radius 1 is 1.19 bits per heavy atom. The molecule has 37 heavy (non-hydrogen) atoms. The number of para-hydroxylation sites is 1. The summed E-state index contributed by atoms with van der Waals surface area (Å²) in [5.41, 5.74) is 4.35. The number of rotatable bonds is 8. The summed E-state index contributed by atoms with van der Waals surface area (Å²) in [6, 6.07) is 7.64. The highest BCUT2D eigenvalue weighted by molar-refractivity contribution is 6.40. The van der Waals surface area contributed by atoms with Crippen LogP contribution >= 0.6 is 23.2 Å². The van der Waals surface area contributed by atoms with E-state index in [1.54, 1.807) is 30.3 Å². The van der Waals surface area contributed by atoms with Gasteiger partial charge in [-0.1, -0.05) is 41.4 Å². The SMILES string of the molecule is C=CC(C)Nc1cccc(C)c1Nc1ncc2c(n1)N(C)C(O)C(c1c(Cl)c(OC)cc(OC)c1Cl)=C2. The van der Waals surface area contributed by atoms with Crippen LogP contribution in [0.5, 0.6) is 11.5 Å². The van der Waals surface area contributed by atoms with Crippen LogP contribution in [0, 0.1) is 6.92 Å². The summed E-state index contributed by atoms with van der Waals surface area (Å²) in [7, 11) is 4.74. The molecule has 0 amide bonds. The third kappa shape index (κ3) is 5.05. The van der Waals surface area contributed by atoms with Crippen LogP contribution in [0.2, 0.25) is 10.0 Å². The Balaban J connectivity index is 1.76. The van der Waals surface area contributed by atoms with Crippen LogP contribution < -0.4 is 25.0 Å². The molecule has 0 spiro atoms.